The molecule has 1 saturated heterocycles. The number of nitrogens with zero attached hydrogens (tertiary/aromatic N) is 3. The molecule has 4 heteroatoms. The largest absolute Gasteiger partial charge is 0.379 e. The normalized spacial score (nSPS) is 17.0. The summed E-state index contributed by atoms with van der Waals surface area (Å²) in [4.78, 5) is 2.39. The van der Waals surface area contributed by atoms with E-state index in [1.807, 2.05) is 6.92 Å². The van der Waals surface area contributed by atoms with Crippen LogP contribution in [0.1, 0.15) is 17.0 Å². The summed E-state index contributed by atoms with van der Waals surface area (Å²) in [7, 11) is 0. The topological polar surface area (TPSA) is 41.2 Å². The number of rotatable bonds is 3. The number of hydrogen-bond donors (Lipinski definition) is 0. The van der Waals surface area contributed by atoms with Gasteiger partial charge in [-0.3, -0.25) is 4.90 Å². The zero-order valence-electron chi connectivity index (χ0n) is 10.6. The smallest absolute Gasteiger partial charge is 0.123 e. The highest BCUT2D eigenvalue weighted by Crippen LogP contribution is 2.14. The summed E-state index contributed by atoms with van der Waals surface area (Å²) in [5, 5.41) is 9.15. The highest BCUT2D eigenvalue weighted by Gasteiger charge is 2.13. The van der Waals surface area contributed by atoms with Crippen molar-refractivity contribution in [2.45, 2.75) is 20.4 Å². The molecule has 1 aliphatic rings. The first-order valence-corrected chi connectivity index (χ1v) is 6.09. The van der Waals surface area contributed by atoms with Gasteiger partial charge in [-0.1, -0.05) is 0 Å². The Morgan fingerprint density at radius 3 is 2.65 bits per heavy atom. The van der Waals surface area contributed by atoms with Crippen LogP contribution >= 0.6 is 0 Å². The number of hydrogen-bond acceptors (Lipinski definition) is 3. The Bertz CT molecular complexity index is 425. The second-order valence-electron chi connectivity index (χ2n) is 4.53. The van der Waals surface area contributed by atoms with E-state index in [4.69, 9.17) is 10.00 Å². The molecule has 1 aromatic rings. The van der Waals surface area contributed by atoms with Crippen LogP contribution < -0.4 is 0 Å². The number of aromatic nitrogens is 1. The molecule has 0 spiro atoms. The molecule has 1 fully saturated rings. The van der Waals surface area contributed by atoms with Gasteiger partial charge in [-0.15, -0.1) is 0 Å². The highest BCUT2D eigenvalue weighted by molar-refractivity contribution is 5.35. The Kier molecular flexibility index (Phi) is 3.82. The number of aryl methyl sites for hydroxylation is 2. The molecule has 1 aromatic heterocycles. The van der Waals surface area contributed by atoms with Gasteiger partial charge in [-0.2, -0.15) is 5.26 Å². The lowest BCUT2D eigenvalue weighted by Crippen LogP contribution is -2.38. The monoisotopic (exact) mass is 233 g/mol. The van der Waals surface area contributed by atoms with Gasteiger partial charge in [0.05, 0.1) is 13.2 Å². The summed E-state index contributed by atoms with van der Waals surface area (Å²) in [6, 6.07) is 4.37. The molecule has 0 atom stereocenters. The van der Waals surface area contributed by atoms with Crippen molar-refractivity contribution in [3.63, 3.8) is 0 Å². The average molecular weight is 233 g/mol. The van der Waals surface area contributed by atoms with Gasteiger partial charge in [-0.25, -0.2) is 0 Å². The predicted octanol–water partition coefficient (Wildman–Crippen LogP) is 1.31. The molecular formula is C13H19N3O. The van der Waals surface area contributed by atoms with Crippen molar-refractivity contribution >= 4 is 0 Å². The van der Waals surface area contributed by atoms with Crippen LogP contribution in [0.5, 0.6) is 0 Å². The van der Waals surface area contributed by atoms with Crippen LogP contribution in [0, 0.1) is 25.2 Å². The van der Waals surface area contributed by atoms with E-state index in [2.05, 4.69) is 28.5 Å². The predicted molar refractivity (Wildman–Crippen MR) is 65.9 cm³/mol. The third-order valence-electron chi connectivity index (χ3n) is 3.34. The standard InChI is InChI=1S/C13H19N3O/c1-11-9-12(2)16(13(11)10-14)4-3-15-5-7-17-8-6-15/h9H,3-8H2,1-2H3. The lowest BCUT2D eigenvalue weighted by Gasteiger charge is -2.27. The molecule has 0 amide bonds. The first-order valence-electron chi connectivity index (χ1n) is 6.09. The third-order valence-corrected chi connectivity index (χ3v) is 3.34. The van der Waals surface area contributed by atoms with Crippen molar-refractivity contribution in [1.82, 2.24) is 9.47 Å². The van der Waals surface area contributed by atoms with Gasteiger partial charge in [0.2, 0.25) is 0 Å². The second kappa shape index (κ2) is 5.35. The maximum atomic E-state index is 9.15. The Morgan fingerprint density at radius 2 is 2.00 bits per heavy atom. The number of ether oxygens (including phenoxy) is 1. The van der Waals surface area contributed by atoms with Crippen LogP contribution in [-0.2, 0) is 11.3 Å². The minimum absolute atomic E-state index is 0.802. The van der Waals surface area contributed by atoms with E-state index >= 15 is 0 Å². The SMILES string of the molecule is Cc1cc(C)n(CCN2CCOCC2)c1C#N. The molecule has 2 rings (SSSR count). The summed E-state index contributed by atoms with van der Waals surface area (Å²) in [5.41, 5.74) is 3.05. The minimum atomic E-state index is 0.802. The molecule has 0 saturated carbocycles. The number of nitriles is 1. The van der Waals surface area contributed by atoms with Gasteiger partial charge >= 0.3 is 0 Å². The fourth-order valence-electron chi connectivity index (χ4n) is 2.35. The molecular weight excluding hydrogens is 214 g/mol. The fraction of sp³-hybridized carbons (Fsp3) is 0.615. The highest BCUT2D eigenvalue weighted by atomic mass is 16.5. The van der Waals surface area contributed by atoms with E-state index in [1.165, 1.54) is 5.69 Å². The van der Waals surface area contributed by atoms with Crippen molar-refractivity contribution in [2.75, 3.05) is 32.8 Å². The Balaban J connectivity index is 2.01. The molecule has 4 nitrogen and oxygen atoms in total. The molecule has 0 aliphatic carbocycles. The molecule has 2 heterocycles. The van der Waals surface area contributed by atoms with Crippen molar-refractivity contribution in [3.05, 3.63) is 23.0 Å². The van der Waals surface area contributed by atoms with Crippen LogP contribution in [0.15, 0.2) is 6.07 Å². The van der Waals surface area contributed by atoms with Crippen molar-refractivity contribution in [1.29, 1.82) is 5.26 Å². The van der Waals surface area contributed by atoms with E-state index in [1.54, 1.807) is 0 Å². The minimum Gasteiger partial charge on any atom is -0.379 e. The number of morpholine rings is 1. The quantitative estimate of drug-likeness (QED) is 0.790. The Hall–Kier alpha value is -1.31. The van der Waals surface area contributed by atoms with Gasteiger partial charge in [-0.05, 0) is 25.5 Å². The van der Waals surface area contributed by atoms with Crippen LogP contribution in [0.25, 0.3) is 0 Å². The van der Waals surface area contributed by atoms with Gasteiger partial charge in [0.1, 0.15) is 11.8 Å². The molecule has 0 bridgehead atoms. The molecule has 0 radical (unpaired) electrons. The summed E-state index contributed by atoms with van der Waals surface area (Å²) in [6.07, 6.45) is 0. The zero-order valence-corrected chi connectivity index (χ0v) is 10.6. The van der Waals surface area contributed by atoms with E-state index in [0.29, 0.717) is 0 Å². The Labute approximate surface area is 102 Å². The lowest BCUT2D eigenvalue weighted by molar-refractivity contribution is 0.0363. The first kappa shape index (κ1) is 12.2. The zero-order chi connectivity index (χ0) is 12.3. The van der Waals surface area contributed by atoms with E-state index in [9.17, 15) is 0 Å². The third kappa shape index (κ3) is 2.68. The van der Waals surface area contributed by atoms with Gasteiger partial charge in [0, 0.05) is 31.9 Å². The van der Waals surface area contributed by atoms with Crippen molar-refractivity contribution < 1.29 is 4.74 Å². The van der Waals surface area contributed by atoms with Crippen molar-refractivity contribution in [2.24, 2.45) is 0 Å². The summed E-state index contributed by atoms with van der Waals surface area (Å²) in [5.74, 6) is 0. The van der Waals surface area contributed by atoms with E-state index in [-0.39, 0.29) is 0 Å². The molecule has 0 aromatic carbocycles. The van der Waals surface area contributed by atoms with Gasteiger partial charge < -0.3 is 9.30 Å². The second-order valence-corrected chi connectivity index (χ2v) is 4.53. The fourth-order valence-corrected chi connectivity index (χ4v) is 2.35. The average Bonchev–Trinajstić information content (AvgIpc) is 2.62. The van der Waals surface area contributed by atoms with Crippen molar-refractivity contribution in [3.8, 4) is 6.07 Å². The summed E-state index contributed by atoms with van der Waals surface area (Å²) >= 11 is 0. The van der Waals surface area contributed by atoms with E-state index in [0.717, 1.165) is 50.7 Å². The van der Waals surface area contributed by atoms with Gasteiger partial charge in [0.15, 0.2) is 0 Å². The van der Waals surface area contributed by atoms with E-state index < -0.39 is 0 Å². The summed E-state index contributed by atoms with van der Waals surface area (Å²) < 4.78 is 7.44. The maximum Gasteiger partial charge on any atom is 0.123 e. The van der Waals surface area contributed by atoms with Crippen LogP contribution in [0.3, 0.4) is 0 Å². The molecule has 17 heavy (non-hydrogen) atoms. The lowest BCUT2D eigenvalue weighted by atomic mass is 10.3. The molecule has 92 valence electrons. The van der Waals surface area contributed by atoms with Gasteiger partial charge in [0.25, 0.3) is 0 Å². The Morgan fingerprint density at radius 1 is 1.29 bits per heavy atom. The maximum absolute atomic E-state index is 9.15. The first-order chi connectivity index (χ1) is 8.22. The summed E-state index contributed by atoms with van der Waals surface area (Å²) in [6.45, 7) is 9.60. The van der Waals surface area contributed by atoms with Crippen LogP contribution in [-0.4, -0.2) is 42.3 Å². The van der Waals surface area contributed by atoms with Crippen LogP contribution in [0.2, 0.25) is 0 Å². The molecule has 0 N–H and O–H groups in total. The van der Waals surface area contributed by atoms with Crippen LogP contribution in [0.4, 0.5) is 0 Å². The molecule has 0 unspecified atom stereocenters. The molecule has 1 aliphatic heterocycles.